The lowest BCUT2D eigenvalue weighted by Crippen LogP contribution is -2.41. The number of hydrogen-bond donors (Lipinski definition) is 2. The van der Waals surface area contributed by atoms with Crippen molar-refractivity contribution in [2.24, 2.45) is 0 Å². The van der Waals surface area contributed by atoms with E-state index in [1.54, 1.807) is 42.7 Å². The van der Waals surface area contributed by atoms with Gasteiger partial charge in [-0.3, -0.25) is 0 Å². The maximum Gasteiger partial charge on any atom is 0.305 e. The summed E-state index contributed by atoms with van der Waals surface area (Å²) < 4.78 is 43.0. The van der Waals surface area contributed by atoms with Gasteiger partial charge in [0.25, 0.3) is 0 Å². The molecular weight excluding hydrogens is 548 g/mol. The zero-order valence-corrected chi connectivity index (χ0v) is 29.7. The van der Waals surface area contributed by atoms with Gasteiger partial charge in [0.1, 0.15) is 13.2 Å². The first-order valence-corrected chi connectivity index (χ1v) is 18.6. The molecule has 0 aliphatic heterocycles. The molecule has 0 saturated heterocycles. The fourth-order valence-electron chi connectivity index (χ4n) is 4.32. The van der Waals surface area contributed by atoms with E-state index in [-0.39, 0.29) is 0 Å². The van der Waals surface area contributed by atoms with Crippen LogP contribution in [-0.2, 0) is 37.3 Å². The molecule has 0 heterocycles. The fourth-order valence-corrected chi connectivity index (χ4v) is 6.63. The molecule has 0 unspecified atom stereocenters. The standard InChI is InChI=1S/C28H64N2O8Si2/c1-31-27(32-2,33-3)25-37-39-23-17-11-9-15-21-29-19-13-7-8-14-20-30-22-16-10-12-18-24-40-38-26-28(34-4,35-5)36-6/h29-30H,7-26,39-40H2,1-6H3. The molecule has 40 heavy (non-hydrogen) atoms. The highest BCUT2D eigenvalue weighted by molar-refractivity contribution is 6.27. The molecule has 0 atom stereocenters. The van der Waals surface area contributed by atoms with Gasteiger partial charge >= 0.3 is 11.9 Å². The Balaban J connectivity index is 3.24. The number of ether oxygens (including phenoxy) is 6. The first-order valence-electron chi connectivity index (χ1n) is 15.5. The highest BCUT2D eigenvalue weighted by Crippen LogP contribution is 2.14. The van der Waals surface area contributed by atoms with Gasteiger partial charge in [0.15, 0.2) is 19.5 Å². The van der Waals surface area contributed by atoms with E-state index >= 15 is 0 Å². The van der Waals surface area contributed by atoms with E-state index in [2.05, 4.69) is 10.6 Å². The van der Waals surface area contributed by atoms with Gasteiger partial charge in [-0.1, -0.05) is 51.4 Å². The molecule has 0 rings (SSSR count). The molecule has 0 bridgehead atoms. The van der Waals surface area contributed by atoms with Crippen molar-refractivity contribution >= 4 is 19.5 Å². The Kier molecular flexibility index (Phi) is 29.1. The van der Waals surface area contributed by atoms with Gasteiger partial charge in [0.05, 0.1) is 0 Å². The van der Waals surface area contributed by atoms with Crippen molar-refractivity contribution in [2.45, 2.75) is 101 Å². The molecule has 12 heteroatoms. The van der Waals surface area contributed by atoms with Crippen molar-refractivity contribution < 1.29 is 37.3 Å². The van der Waals surface area contributed by atoms with Crippen LogP contribution in [0, 0.1) is 0 Å². The lowest BCUT2D eigenvalue weighted by molar-refractivity contribution is -0.361. The summed E-state index contributed by atoms with van der Waals surface area (Å²) in [4.78, 5) is 0. The molecule has 0 aromatic carbocycles. The minimum Gasteiger partial charge on any atom is -0.416 e. The number of methoxy groups -OCH3 is 6. The molecule has 0 fully saturated rings. The minimum atomic E-state index is -1.05. The van der Waals surface area contributed by atoms with Crippen molar-refractivity contribution in [1.82, 2.24) is 10.6 Å². The molecule has 242 valence electrons. The smallest absolute Gasteiger partial charge is 0.305 e. The summed E-state index contributed by atoms with van der Waals surface area (Å²) >= 11 is 0. The van der Waals surface area contributed by atoms with Crippen LogP contribution < -0.4 is 10.6 Å². The van der Waals surface area contributed by atoms with Crippen molar-refractivity contribution in [2.75, 3.05) is 82.1 Å². The largest absolute Gasteiger partial charge is 0.416 e. The quantitative estimate of drug-likeness (QED) is 0.0654. The SMILES string of the molecule is COC(CO[SiH2]CCCCCCNCCCCCCNCCCCCC[SiH2]OCC(OC)(OC)OC)(OC)OC. The number of rotatable bonds is 33. The average molecular weight is 613 g/mol. The lowest BCUT2D eigenvalue weighted by Gasteiger charge is -2.28. The van der Waals surface area contributed by atoms with Crippen molar-refractivity contribution in [1.29, 1.82) is 0 Å². The summed E-state index contributed by atoms with van der Waals surface area (Å²) in [5.74, 6) is -2.10. The van der Waals surface area contributed by atoms with E-state index in [0.29, 0.717) is 13.2 Å². The maximum absolute atomic E-state index is 5.77. The van der Waals surface area contributed by atoms with Crippen LogP contribution in [0.3, 0.4) is 0 Å². The van der Waals surface area contributed by atoms with Crippen LogP contribution >= 0.6 is 0 Å². The normalized spacial score (nSPS) is 13.1. The van der Waals surface area contributed by atoms with Gasteiger partial charge in [-0.05, 0) is 64.0 Å². The molecular formula is C28H64N2O8Si2. The molecule has 0 amide bonds. The average Bonchev–Trinajstić information content (AvgIpc) is 2.99. The van der Waals surface area contributed by atoms with Crippen molar-refractivity contribution in [3.63, 3.8) is 0 Å². The van der Waals surface area contributed by atoms with E-state index in [1.807, 2.05) is 0 Å². The molecule has 0 aromatic heterocycles. The number of hydrogen-bond acceptors (Lipinski definition) is 10. The summed E-state index contributed by atoms with van der Waals surface area (Å²) in [5.41, 5.74) is 0. The van der Waals surface area contributed by atoms with Gasteiger partial charge in [0, 0.05) is 42.7 Å². The molecule has 10 nitrogen and oxygen atoms in total. The highest BCUT2D eigenvalue weighted by atomic mass is 28.2. The minimum absolute atomic E-state index is 0.339. The molecule has 0 radical (unpaired) electrons. The third-order valence-corrected chi connectivity index (χ3v) is 9.73. The Morgan fingerprint density at radius 2 is 0.675 bits per heavy atom. The summed E-state index contributed by atoms with van der Waals surface area (Å²) in [6.07, 6.45) is 15.4. The topological polar surface area (TPSA) is 97.9 Å². The van der Waals surface area contributed by atoms with Crippen molar-refractivity contribution in [3.8, 4) is 0 Å². The van der Waals surface area contributed by atoms with Crippen molar-refractivity contribution in [3.05, 3.63) is 0 Å². The first-order chi connectivity index (χ1) is 19.6. The Labute approximate surface area is 250 Å². The Morgan fingerprint density at radius 1 is 0.400 bits per heavy atom. The Morgan fingerprint density at radius 3 is 0.950 bits per heavy atom. The predicted octanol–water partition coefficient (Wildman–Crippen LogP) is 3.07. The van der Waals surface area contributed by atoms with E-state index < -0.39 is 31.5 Å². The monoisotopic (exact) mass is 612 g/mol. The zero-order valence-electron chi connectivity index (χ0n) is 26.8. The third kappa shape index (κ3) is 21.7. The van der Waals surface area contributed by atoms with Gasteiger partial charge in [0.2, 0.25) is 0 Å². The lowest BCUT2D eigenvalue weighted by atomic mass is 10.1. The van der Waals surface area contributed by atoms with Gasteiger partial charge in [-0.2, -0.15) is 0 Å². The number of nitrogens with one attached hydrogen (secondary N) is 2. The summed E-state index contributed by atoms with van der Waals surface area (Å²) in [6, 6.07) is 2.38. The molecule has 0 aliphatic carbocycles. The molecule has 0 aliphatic rings. The second kappa shape index (κ2) is 29.1. The third-order valence-electron chi connectivity index (χ3n) is 7.17. The molecule has 2 N–H and O–H groups in total. The van der Waals surface area contributed by atoms with Gasteiger partial charge in [-0.15, -0.1) is 0 Å². The van der Waals surface area contributed by atoms with E-state index in [4.69, 9.17) is 37.3 Å². The number of unbranched alkanes of at least 4 members (excludes halogenated alkanes) is 9. The zero-order chi connectivity index (χ0) is 29.6. The summed E-state index contributed by atoms with van der Waals surface area (Å²) in [6.45, 7) is 5.25. The van der Waals surface area contributed by atoms with E-state index in [0.717, 1.165) is 26.2 Å². The second-order valence-corrected chi connectivity index (χ2v) is 13.2. The summed E-state index contributed by atoms with van der Waals surface area (Å²) in [7, 11) is 8.31. The van der Waals surface area contributed by atoms with Crippen LogP contribution in [0.4, 0.5) is 0 Å². The second-order valence-electron chi connectivity index (χ2n) is 10.1. The maximum atomic E-state index is 5.77. The Hall–Kier alpha value is 0.0338. The first kappa shape index (κ1) is 40.0. The van der Waals surface area contributed by atoms with Crippen LogP contribution in [0.15, 0.2) is 0 Å². The van der Waals surface area contributed by atoms with Crippen LogP contribution in [0.2, 0.25) is 12.1 Å². The highest BCUT2D eigenvalue weighted by Gasteiger charge is 2.30. The molecule has 0 saturated carbocycles. The van der Waals surface area contributed by atoms with Crippen LogP contribution in [0.1, 0.15) is 77.0 Å². The van der Waals surface area contributed by atoms with Gasteiger partial charge < -0.3 is 47.9 Å². The van der Waals surface area contributed by atoms with E-state index in [9.17, 15) is 0 Å². The fraction of sp³-hybridized carbons (Fsp3) is 1.00. The molecule has 0 spiro atoms. The molecule has 0 aromatic rings. The van der Waals surface area contributed by atoms with Crippen LogP contribution in [0.25, 0.3) is 0 Å². The summed E-state index contributed by atoms with van der Waals surface area (Å²) in [5, 5.41) is 7.20. The van der Waals surface area contributed by atoms with E-state index in [1.165, 1.54) is 89.1 Å². The Bertz CT molecular complexity index is 458. The van der Waals surface area contributed by atoms with Gasteiger partial charge in [-0.25, -0.2) is 0 Å². The predicted molar refractivity (Wildman–Crippen MR) is 167 cm³/mol. The van der Waals surface area contributed by atoms with Crippen LogP contribution in [-0.4, -0.2) is 114 Å². The van der Waals surface area contributed by atoms with Crippen LogP contribution in [0.5, 0.6) is 0 Å².